The van der Waals surface area contributed by atoms with Crippen LogP contribution < -0.4 is 10.6 Å². The van der Waals surface area contributed by atoms with E-state index in [2.05, 4.69) is 27.1 Å². The molecule has 0 spiro atoms. The molecule has 9 heteroatoms. The summed E-state index contributed by atoms with van der Waals surface area (Å²) < 4.78 is 39.8. The molecule has 1 aliphatic heterocycles. The lowest BCUT2D eigenvalue weighted by molar-refractivity contribution is -0.137. The highest BCUT2D eigenvalue weighted by Gasteiger charge is 2.35. The Hall–Kier alpha value is -3.38. The van der Waals surface area contributed by atoms with Gasteiger partial charge >= 0.3 is 6.18 Å². The van der Waals surface area contributed by atoms with Crippen LogP contribution in [0.5, 0.6) is 0 Å². The predicted molar refractivity (Wildman–Crippen MR) is 118 cm³/mol. The largest absolute Gasteiger partial charge is 0.417 e. The van der Waals surface area contributed by atoms with Crippen LogP contribution in [-0.2, 0) is 24.1 Å². The maximum absolute atomic E-state index is 13.3. The van der Waals surface area contributed by atoms with Gasteiger partial charge in [-0.15, -0.1) is 0 Å². The zero-order valence-corrected chi connectivity index (χ0v) is 18.0. The van der Waals surface area contributed by atoms with Gasteiger partial charge in [0.05, 0.1) is 11.1 Å². The van der Waals surface area contributed by atoms with Gasteiger partial charge in [-0.1, -0.05) is 12.6 Å². The van der Waals surface area contributed by atoms with Crippen LogP contribution in [0.4, 0.5) is 24.7 Å². The summed E-state index contributed by atoms with van der Waals surface area (Å²) in [5.74, 6) is -0.115. The van der Waals surface area contributed by atoms with E-state index in [0.717, 1.165) is 62.3 Å². The van der Waals surface area contributed by atoms with Crippen LogP contribution in [0.25, 0.3) is 0 Å². The Morgan fingerprint density at radius 3 is 2.76 bits per heavy atom. The maximum atomic E-state index is 13.3. The minimum absolute atomic E-state index is 0.00331. The topological polar surface area (TPSA) is 81.0 Å². The fourth-order valence-corrected chi connectivity index (χ4v) is 4.64. The molecule has 1 aliphatic carbocycles. The van der Waals surface area contributed by atoms with Crippen molar-refractivity contribution in [3.63, 3.8) is 0 Å². The summed E-state index contributed by atoms with van der Waals surface area (Å²) in [4.78, 5) is 18.0. The number of alkyl halides is 3. The summed E-state index contributed by atoms with van der Waals surface area (Å²) in [5, 5.41) is 14.9. The molecule has 0 radical (unpaired) electrons. The Morgan fingerprint density at radius 1 is 1.24 bits per heavy atom. The van der Waals surface area contributed by atoms with Crippen LogP contribution in [0.2, 0.25) is 0 Å². The number of benzene rings is 1. The number of nitrogens with zero attached hydrogens (tertiary/aromatic N) is 3. The third-order valence-corrected chi connectivity index (χ3v) is 6.25. The molecule has 2 N–H and O–H groups in total. The third kappa shape index (κ3) is 5.17. The molecule has 2 atom stereocenters. The molecule has 4 rings (SSSR count). The van der Waals surface area contributed by atoms with Crippen LogP contribution in [0, 0.1) is 11.3 Å². The zero-order chi connectivity index (χ0) is 23.6. The molecule has 2 aliphatic rings. The number of carbonyl (C=O) groups excluding carboxylic acids is 1. The number of rotatable bonds is 5. The van der Waals surface area contributed by atoms with Gasteiger partial charge in [0.25, 0.3) is 0 Å². The standard InChI is InChI=1S/C24H24F3N5O/c1-2-23(33)31-19-7-6-15-13-32(14-16(15)8-19)20-5-3-4-18(9-20)30-22-10-21(24(25,26)27)17(11-28)12-29-22/h2,6-8,10,12,18,20H,1,3-5,9,13-14H2,(H,29,30)(H,31,33)/t18-,20+/m1/s1. The number of aromatic nitrogens is 1. The van der Waals surface area contributed by atoms with Gasteiger partial charge in [-0.3, -0.25) is 9.69 Å². The average molecular weight is 455 g/mol. The van der Waals surface area contributed by atoms with Crippen LogP contribution in [0.15, 0.2) is 43.1 Å². The Morgan fingerprint density at radius 2 is 2.03 bits per heavy atom. The van der Waals surface area contributed by atoms with Crippen LogP contribution in [0.1, 0.15) is 47.9 Å². The van der Waals surface area contributed by atoms with E-state index < -0.39 is 17.3 Å². The average Bonchev–Trinajstić information content (AvgIpc) is 3.22. The number of nitriles is 1. The summed E-state index contributed by atoms with van der Waals surface area (Å²) in [6.07, 6.45) is 1.21. The van der Waals surface area contributed by atoms with Crippen LogP contribution in [-0.4, -0.2) is 27.9 Å². The van der Waals surface area contributed by atoms with Crippen molar-refractivity contribution in [2.24, 2.45) is 0 Å². The van der Waals surface area contributed by atoms with Crippen molar-refractivity contribution in [3.8, 4) is 6.07 Å². The quantitative estimate of drug-likeness (QED) is 0.631. The smallest absolute Gasteiger partial charge is 0.367 e. The Labute approximate surface area is 190 Å². The van der Waals surface area contributed by atoms with E-state index in [1.54, 1.807) is 6.07 Å². The van der Waals surface area contributed by atoms with Crippen molar-refractivity contribution in [2.45, 2.75) is 57.0 Å². The molecule has 2 aromatic rings. The first kappa shape index (κ1) is 22.8. The van der Waals surface area contributed by atoms with Crippen molar-refractivity contribution in [3.05, 3.63) is 65.4 Å². The summed E-state index contributed by atoms with van der Waals surface area (Å²) in [6, 6.07) is 8.65. The lowest BCUT2D eigenvalue weighted by Crippen LogP contribution is -2.39. The van der Waals surface area contributed by atoms with Gasteiger partial charge in [0.2, 0.25) is 5.91 Å². The first-order valence-electron chi connectivity index (χ1n) is 10.8. The monoisotopic (exact) mass is 455 g/mol. The number of carbonyl (C=O) groups is 1. The van der Waals surface area contributed by atoms with Gasteiger partial charge in [0.15, 0.2) is 0 Å². The van der Waals surface area contributed by atoms with Gasteiger partial charge in [-0.2, -0.15) is 18.4 Å². The van der Waals surface area contributed by atoms with Gasteiger partial charge in [0.1, 0.15) is 11.9 Å². The normalized spacial score (nSPS) is 20.5. The number of nitrogens with one attached hydrogen (secondary N) is 2. The summed E-state index contributed by atoms with van der Waals surface area (Å²) in [6.45, 7) is 5.03. The Bertz CT molecular complexity index is 1110. The number of hydrogen-bond donors (Lipinski definition) is 2. The highest BCUT2D eigenvalue weighted by molar-refractivity contribution is 5.98. The van der Waals surface area contributed by atoms with E-state index in [-0.39, 0.29) is 23.8 Å². The number of halogens is 3. The summed E-state index contributed by atoms with van der Waals surface area (Å²) in [5.41, 5.74) is 1.66. The van der Waals surface area contributed by atoms with Crippen molar-refractivity contribution in [2.75, 3.05) is 10.6 Å². The maximum Gasteiger partial charge on any atom is 0.417 e. The highest BCUT2D eigenvalue weighted by atomic mass is 19.4. The lowest BCUT2D eigenvalue weighted by Gasteiger charge is -2.35. The fraction of sp³-hybridized carbons (Fsp3) is 0.375. The highest BCUT2D eigenvalue weighted by Crippen LogP contribution is 2.35. The van der Waals surface area contributed by atoms with Crippen molar-refractivity contribution >= 4 is 17.4 Å². The molecule has 172 valence electrons. The van der Waals surface area contributed by atoms with E-state index >= 15 is 0 Å². The first-order valence-corrected chi connectivity index (χ1v) is 10.8. The molecule has 0 unspecified atom stereocenters. The van der Waals surface area contributed by atoms with E-state index in [1.165, 1.54) is 11.6 Å². The molecule has 1 fully saturated rings. The Kier molecular flexibility index (Phi) is 6.38. The van der Waals surface area contributed by atoms with Crippen LogP contribution in [0.3, 0.4) is 0 Å². The fourth-order valence-electron chi connectivity index (χ4n) is 4.64. The lowest BCUT2D eigenvalue weighted by atomic mass is 9.90. The van der Waals surface area contributed by atoms with Gasteiger partial charge < -0.3 is 10.6 Å². The molecule has 2 heterocycles. The number of fused-ring (bicyclic) bond motifs is 1. The second-order valence-electron chi connectivity index (χ2n) is 8.47. The molecule has 6 nitrogen and oxygen atoms in total. The van der Waals surface area contributed by atoms with E-state index in [0.29, 0.717) is 0 Å². The van der Waals surface area contributed by atoms with Gasteiger partial charge in [-0.05, 0) is 61.1 Å². The number of pyridine rings is 1. The summed E-state index contributed by atoms with van der Waals surface area (Å²) in [7, 11) is 0. The number of amides is 1. The molecule has 0 bridgehead atoms. The van der Waals surface area contributed by atoms with E-state index in [1.807, 2.05) is 18.2 Å². The van der Waals surface area contributed by atoms with Gasteiger partial charge in [-0.25, -0.2) is 4.98 Å². The Balaban J connectivity index is 1.41. The van der Waals surface area contributed by atoms with Gasteiger partial charge in [0, 0.05) is 37.1 Å². The predicted octanol–water partition coefficient (Wildman–Crippen LogP) is 4.84. The van der Waals surface area contributed by atoms with E-state index in [4.69, 9.17) is 5.26 Å². The molecule has 1 amide bonds. The molecule has 0 saturated heterocycles. The number of hydrogen-bond acceptors (Lipinski definition) is 5. The zero-order valence-electron chi connectivity index (χ0n) is 18.0. The van der Waals surface area contributed by atoms with Crippen molar-refractivity contribution < 1.29 is 18.0 Å². The molecular formula is C24H24F3N5O. The third-order valence-electron chi connectivity index (χ3n) is 6.25. The number of anilines is 2. The first-order chi connectivity index (χ1) is 15.8. The summed E-state index contributed by atoms with van der Waals surface area (Å²) >= 11 is 0. The second-order valence-corrected chi connectivity index (χ2v) is 8.47. The van der Waals surface area contributed by atoms with E-state index in [9.17, 15) is 18.0 Å². The molecular weight excluding hydrogens is 431 g/mol. The molecule has 1 saturated carbocycles. The second kappa shape index (κ2) is 9.24. The molecule has 1 aromatic carbocycles. The van der Waals surface area contributed by atoms with Crippen molar-refractivity contribution in [1.29, 1.82) is 5.26 Å². The minimum Gasteiger partial charge on any atom is -0.367 e. The molecule has 1 aromatic heterocycles. The van der Waals surface area contributed by atoms with Crippen molar-refractivity contribution in [1.82, 2.24) is 9.88 Å². The SMILES string of the molecule is C=CC(=O)Nc1ccc2c(c1)CN([C@H]1CCC[C@@H](Nc3cc(C(F)(F)F)c(C#N)cn3)C1)C2. The minimum atomic E-state index is -4.61. The molecule has 33 heavy (non-hydrogen) atoms. The van der Waals surface area contributed by atoms with Crippen LogP contribution >= 0.6 is 0 Å².